The summed E-state index contributed by atoms with van der Waals surface area (Å²) < 4.78 is 0.808. The molecule has 0 atom stereocenters. The van der Waals surface area contributed by atoms with Crippen LogP contribution in [0.15, 0.2) is 30.3 Å². The average Bonchev–Trinajstić information content (AvgIpc) is 2.77. The van der Waals surface area contributed by atoms with Gasteiger partial charge in [0, 0.05) is 11.4 Å². The fourth-order valence-corrected chi connectivity index (χ4v) is 2.69. The number of nitrogen functional groups attached to an aromatic ring is 1. The predicted molar refractivity (Wildman–Crippen MR) is 77.1 cm³/mol. The average molecular weight is 278 g/mol. The highest BCUT2D eigenvalue weighted by Crippen LogP contribution is 2.23. The van der Waals surface area contributed by atoms with Crippen LogP contribution >= 0.6 is 22.9 Å². The molecule has 1 aromatic carbocycles. The second-order valence-electron chi connectivity index (χ2n) is 3.80. The summed E-state index contributed by atoms with van der Waals surface area (Å²) in [5.74, 6) is 0. The van der Waals surface area contributed by atoms with Gasteiger partial charge in [0.25, 0.3) is 0 Å². The van der Waals surface area contributed by atoms with Crippen LogP contribution in [0.3, 0.4) is 0 Å². The molecular weight excluding hydrogens is 266 g/mol. The van der Waals surface area contributed by atoms with Gasteiger partial charge in [-0.25, -0.2) is 0 Å². The van der Waals surface area contributed by atoms with Crippen molar-refractivity contribution in [1.82, 2.24) is 0 Å². The van der Waals surface area contributed by atoms with Gasteiger partial charge in [-0.05, 0) is 36.8 Å². The highest BCUT2D eigenvalue weighted by atomic mass is 35.5. The van der Waals surface area contributed by atoms with E-state index in [0.717, 1.165) is 23.0 Å². The van der Waals surface area contributed by atoms with Gasteiger partial charge in [0.15, 0.2) is 0 Å². The lowest BCUT2D eigenvalue weighted by Crippen LogP contribution is -2.06. The van der Waals surface area contributed by atoms with Gasteiger partial charge in [-0.3, -0.25) is 0 Å². The van der Waals surface area contributed by atoms with Crippen LogP contribution in [0.25, 0.3) is 0 Å². The minimum Gasteiger partial charge on any atom is -0.397 e. The monoisotopic (exact) mass is 277 g/mol. The van der Waals surface area contributed by atoms with E-state index in [1.54, 1.807) is 23.5 Å². The van der Waals surface area contributed by atoms with Gasteiger partial charge in [-0.15, -0.1) is 11.3 Å². The first kappa shape index (κ1) is 12.7. The van der Waals surface area contributed by atoms with Crippen molar-refractivity contribution in [1.29, 1.82) is 5.26 Å². The molecular formula is C13H12ClN3S. The van der Waals surface area contributed by atoms with Crippen LogP contribution in [0.1, 0.15) is 10.4 Å². The van der Waals surface area contributed by atoms with Crippen molar-refractivity contribution in [3.05, 3.63) is 45.1 Å². The van der Waals surface area contributed by atoms with E-state index in [1.807, 2.05) is 18.2 Å². The molecule has 0 unspecified atom stereocenters. The number of nitriles is 1. The normalized spacial score (nSPS) is 10.0. The molecule has 0 amide bonds. The van der Waals surface area contributed by atoms with Crippen molar-refractivity contribution in [3.8, 4) is 6.07 Å². The van der Waals surface area contributed by atoms with Crippen LogP contribution in [0.4, 0.5) is 11.4 Å². The molecule has 0 saturated heterocycles. The minimum absolute atomic E-state index is 0.572. The third kappa shape index (κ3) is 3.16. The first-order valence-electron chi connectivity index (χ1n) is 5.47. The molecule has 0 aliphatic heterocycles. The first-order chi connectivity index (χ1) is 8.69. The fraction of sp³-hybridized carbons (Fsp3) is 0.154. The van der Waals surface area contributed by atoms with E-state index in [9.17, 15) is 0 Å². The second kappa shape index (κ2) is 5.76. The number of nitrogens with zero attached hydrogens (tertiary/aromatic N) is 1. The Bertz CT molecular complexity index is 586. The van der Waals surface area contributed by atoms with Crippen molar-refractivity contribution in [2.75, 3.05) is 17.6 Å². The summed E-state index contributed by atoms with van der Waals surface area (Å²) >= 11 is 7.45. The highest BCUT2D eigenvalue weighted by molar-refractivity contribution is 7.16. The zero-order valence-electron chi connectivity index (χ0n) is 9.61. The summed E-state index contributed by atoms with van der Waals surface area (Å²) in [5.41, 5.74) is 7.87. The van der Waals surface area contributed by atoms with E-state index >= 15 is 0 Å². The zero-order valence-corrected chi connectivity index (χ0v) is 11.2. The quantitative estimate of drug-likeness (QED) is 0.841. The molecule has 1 aromatic heterocycles. The van der Waals surface area contributed by atoms with Crippen molar-refractivity contribution >= 4 is 34.3 Å². The van der Waals surface area contributed by atoms with Gasteiger partial charge in [0.2, 0.25) is 0 Å². The summed E-state index contributed by atoms with van der Waals surface area (Å²) in [5, 5.41) is 12.0. The molecule has 1 heterocycles. The maximum absolute atomic E-state index is 8.74. The Kier molecular flexibility index (Phi) is 4.08. The summed E-state index contributed by atoms with van der Waals surface area (Å²) in [4.78, 5) is 1.24. The van der Waals surface area contributed by atoms with Crippen molar-refractivity contribution in [2.24, 2.45) is 0 Å². The number of nitrogens with one attached hydrogen (secondary N) is 1. The number of hydrogen-bond donors (Lipinski definition) is 2. The number of rotatable bonds is 4. The van der Waals surface area contributed by atoms with Gasteiger partial charge in [-0.2, -0.15) is 5.26 Å². The van der Waals surface area contributed by atoms with Crippen LogP contribution < -0.4 is 11.1 Å². The molecule has 92 valence electrons. The van der Waals surface area contributed by atoms with Gasteiger partial charge in [0.05, 0.1) is 27.3 Å². The largest absolute Gasteiger partial charge is 0.397 e. The Hall–Kier alpha value is -1.70. The van der Waals surface area contributed by atoms with E-state index in [0.29, 0.717) is 11.3 Å². The van der Waals surface area contributed by atoms with Crippen LogP contribution in [-0.2, 0) is 6.42 Å². The smallest absolute Gasteiger partial charge is 0.0992 e. The fourth-order valence-electron chi connectivity index (χ4n) is 1.60. The number of hydrogen-bond acceptors (Lipinski definition) is 4. The van der Waals surface area contributed by atoms with Crippen LogP contribution in [0.2, 0.25) is 4.34 Å². The maximum Gasteiger partial charge on any atom is 0.0992 e. The molecule has 0 radical (unpaired) electrons. The van der Waals surface area contributed by atoms with Gasteiger partial charge < -0.3 is 11.1 Å². The second-order valence-corrected chi connectivity index (χ2v) is 5.60. The molecule has 2 aromatic rings. The Morgan fingerprint density at radius 2 is 2.17 bits per heavy atom. The van der Waals surface area contributed by atoms with Crippen molar-refractivity contribution in [2.45, 2.75) is 6.42 Å². The number of anilines is 2. The topological polar surface area (TPSA) is 61.8 Å². The van der Waals surface area contributed by atoms with Crippen molar-refractivity contribution < 1.29 is 0 Å². The molecule has 0 aliphatic carbocycles. The Balaban J connectivity index is 1.92. The van der Waals surface area contributed by atoms with E-state index in [-0.39, 0.29) is 0 Å². The van der Waals surface area contributed by atoms with Crippen molar-refractivity contribution in [3.63, 3.8) is 0 Å². The molecule has 0 fully saturated rings. The third-order valence-corrected chi connectivity index (χ3v) is 3.79. The number of benzene rings is 1. The Labute approximate surface area is 115 Å². The van der Waals surface area contributed by atoms with E-state index in [2.05, 4.69) is 11.4 Å². The van der Waals surface area contributed by atoms with Gasteiger partial charge in [0.1, 0.15) is 0 Å². The lowest BCUT2D eigenvalue weighted by atomic mass is 10.2. The van der Waals surface area contributed by atoms with Gasteiger partial charge >= 0.3 is 0 Å². The van der Waals surface area contributed by atoms with E-state index in [1.165, 1.54) is 4.88 Å². The van der Waals surface area contributed by atoms with Crippen LogP contribution in [0, 0.1) is 11.3 Å². The summed E-state index contributed by atoms with van der Waals surface area (Å²) in [7, 11) is 0. The SMILES string of the molecule is N#Cc1ccc(NCCc2ccc(Cl)s2)c(N)c1. The minimum atomic E-state index is 0.572. The lowest BCUT2D eigenvalue weighted by Gasteiger charge is -2.08. The zero-order chi connectivity index (χ0) is 13.0. The summed E-state index contributed by atoms with van der Waals surface area (Å²) in [6, 6.07) is 11.2. The molecule has 3 nitrogen and oxygen atoms in total. The van der Waals surface area contributed by atoms with Gasteiger partial charge in [-0.1, -0.05) is 11.6 Å². The maximum atomic E-state index is 8.74. The molecule has 0 saturated carbocycles. The summed E-state index contributed by atoms with van der Waals surface area (Å²) in [6.45, 7) is 0.785. The number of halogens is 1. The Morgan fingerprint density at radius 1 is 1.33 bits per heavy atom. The van der Waals surface area contributed by atoms with Crippen LogP contribution in [0.5, 0.6) is 0 Å². The van der Waals surface area contributed by atoms with Crippen LogP contribution in [-0.4, -0.2) is 6.54 Å². The Morgan fingerprint density at radius 3 is 2.78 bits per heavy atom. The molecule has 0 spiro atoms. The molecule has 0 aliphatic rings. The molecule has 3 N–H and O–H groups in total. The number of thiophene rings is 1. The highest BCUT2D eigenvalue weighted by Gasteiger charge is 2.01. The van der Waals surface area contributed by atoms with E-state index in [4.69, 9.17) is 22.6 Å². The number of nitrogens with two attached hydrogens (primary N) is 1. The predicted octanol–water partition coefficient (Wildman–Crippen LogP) is 3.51. The standard InChI is InChI=1S/C13H12ClN3S/c14-13-4-2-10(18-13)5-6-17-12-3-1-9(8-15)7-11(12)16/h1-4,7,17H,5-6,16H2. The summed E-state index contributed by atoms with van der Waals surface area (Å²) in [6.07, 6.45) is 0.900. The lowest BCUT2D eigenvalue weighted by molar-refractivity contribution is 1.05. The van der Waals surface area contributed by atoms with E-state index < -0.39 is 0 Å². The molecule has 0 bridgehead atoms. The molecule has 18 heavy (non-hydrogen) atoms. The molecule has 5 heteroatoms. The third-order valence-electron chi connectivity index (χ3n) is 2.50. The first-order valence-corrected chi connectivity index (χ1v) is 6.66. The molecule has 2 rings (SSSR count).